The van der Waals surface area contributed by atoms with Crippen molar-refractivity contribution in [1.82, 2.24) is 19.9 Å². The van der Waals surface area contributed by atoms with Crippen molar-refractivity contribution in [2.45, 2.75) is 0 Å². The number of para-hydroxylation sites is 2. The normalized spacial score (nSPS) is 10.7. The molecule has 12 heteroatoms. The summed E-state index contributed by atoms with van der Waals surface area (Å²) in [6.45, 7) is 0. The van der Waals surface area contributed by atoms with Crippen molar-refractivity contribution in [3.05, 3.63) is 119 Å². The minimum atomic E-state index is -0.517. The number of hydrogen-bond acceptors (Lipinski definition) is 11. The fourth-order valence-electron chi connectivity index (χ4n) is 3.29. The van der Waals surface area contributed by atoms with Gasteiger partial charge in [0, 0.05) is 23.5 Å². The molecule has 2 heterocycles. The summed E-state index contributed by atoms with van der Waals surface area (Å²) in [5, 5.41) is 21.3. The number of nitrogens with one attached hydrogen (secondary N) is 3. The van der Waals surface area contributed by atoms with Crippen LogP contribution < -0.4 is 20.8 Å². The quantitative estimate of drug-likeness (QED) is 0.115. The van der Waals surface area contributed by atoms with Crippen LogP contribution in [0.15, 0.2) is 108 Å². The van der Waals surface area contributed by atoms with Gasteiger partial charge in [-0.25, -0.2) is 10.4 Å². The van der Waals surface area contributed by atoms with Crippen molar-refractivity contribution in [3.8, 4) is 11.6 Å². The number of ether oxygens (including phenoxy) is 1. The van der Waals surface area contributed by atoms with E-state index in [4.69, 9.17) is 4.74 Å². The molecule has 0 saturated heterocycles. The maximum Gasteiger partial charge on any atom is 0.287 e. The number of rotatable bonds is 10. The Bertz CT molecular complexity index is 1510. The van der Waals surface area contributed by atoms with Crippen LogP contribution in [0.5, 0.6) is 11.6 Å². The summed E-state index contributed by atoms with van der Waals surface area (Å²) >= 11 is 0. The number of pyridine rings is 1. The van der Waals surface area contributed by atoms with Crippen molar-refractivity contribution < 1.29 is 9.66 Å². The van der Waals surface area contributed by atoms with Crippen LogP contribution in [0.1, 0.15) is 5.56 Å². The predicted octanol–water partition coefficient (Wildman–Crippen LogP) is 5.90. The number of nitro groups is 1. The Kier molecular flexibility index (Phi) is 7.55. The van der Waals surface area contributed by atoms with Crippen LogP contribution in [0.25, 0.3) is 0 Å². The summed E-state index contributed by atoms with van der Waals surface area (Å²) in [5.41, 5.74) is 5.18. The first kappa shape index (κ1) is 24.8. The van der Waals surface area contributed by atoms with Gasteiger partial charge in [0.2, 0.25) is 23.7 Å². The van der Waals surface area contributed by atoms with Gasteiger partial charge < -0.3 is 15.4 Å². The van der Waals surface area contributed by atoms with Gasteiger partial charge in [-0.15, -0.1) is 0 Å². The van der Waals surface area contributed by atoms with Crippen molar-refractivity contribution in [3.63, 3.8) is 0 Å². The molecule has 5 aromatic rings. The van der Waals surface area contributed by atoms with E-state index in [0.717, 1.165) is 23.1 Å². The van der Waals surface area contributed by atoms with Crippen LogP contribution >= 0.6 is 0 Å². The van der Waals surface area contributed by atoms with Gasteiger partial charge in [-0.05, 0) is 54.1 Å². The van der Waals surface area contributed by atoms with Gasteiger partial charge in [-0.1, -0.05) is 36.4 Å². The summed E-state index contributed by atoms with van der Waals surface area (Å²) in [6.07, 6.45) is 2.75. The highest BCUT2D eigenvalue weighted by atomic mass is 16.6. The van der Waals surface area contributed by atoms with E-state index in [0.29, 0.717) is 17.6 Å². The molecule has 0 aliphatic carbocycles. The summed E-state index contributed by atoms with van der Waals surface area (Å²) in [6, 6.07) is 29.0. The van der Waals surface area contributed by atoms with Gasteiger partial charge in [0.05, 0.1) is 11.1 Å². The Hall–Kier alpha value is -5.91. The molecule has 3 aromatic carbocycles. The summed E-state index contributed by atoms with van der Waals surface area (Å²) in [7, 11) is 0. The summed E-state index contributed by atoms with van der Waals surface area (Å²) in [4.78, 5) is 27.5. The zero-order chi connectivity index (χ0) is 26.9. The van der Waals surface area contributed by atoms with E-state index >= 15 is 0 Å². The maximum atomic E-state index is 10.8. The van der Waals surface area contributed by atoms with Crippen LogP contribution in [0.4, 0.5) is 34.9 Å². The SMILES string of the molecule is O=[N+]([O-])c1ccc(Oc2ccc(/C=N/Nc3nc(Nc4ccccc4)nc(Nc4ccccc4)n3)cc2)nc1. The number of benzene rings is 3. The molecule has 0 aliphatic rings. The van der Waals surface area contributed by atoms with Crippen LogP contribution in [0, 0.1) is 10.1 Å². The molecule has 39 heavy (non-hydrogen) atoms. The first-order valence-corrected chi connectivity index (χ1v) is 11.7. The molecule has 0 radical (unpaired) electrons. The third-order valence-electron chi connectivity index (χ3n) is 5.11. The lowest BCUT2D eigenvalue weighted by molar-refractivity contribution is -0.385. The van der Waals surface area contributed by atoms with Crippen LogP contribution in [0.2, 0.25) is 0 Å². The van der Waals surface area contributed by atoms with Gasteiger partial charge in [0.25, 0.3) is 5.69 Å². The highest BCUT2D eigenvalue weighted by Gasteiger charge is 2.08. The lowest BCUT2D eigenvalue weighted by atomic mass is 10.2. The van der Waals surface area contributed by atoms with E-state index < -0.39 is 4.92 Å². The molecule has 0 amide bonds. The molecule has 0 aliphatic heterocycles. The molecule has 0 saturated carbocycles. The standard InChI is InChI=1S/C27H21N9O3/c37-36(38)22-13-16-24(28-18-22)39-23-14-11-19(12-15-23)17-29-35-27-33-25(30-20-7-3-1-4-8-20)32-26(34-27)31-21-9-5-2-6-10-21/h1-18H,(H3,30,31,32,33,34,35)/b29-17+. The monoisotopic (exact) mass is 519 g/mol. The molecule has 0 unspecified atom stereocenters. The lowest BCUT2D eigenvalue weighted by Crippen LogP contribution is -2.07. The molecule has 2 aromatic heterocycles. The Labute approximate surface area is 222 Å². The van der Waals surface area contributed by atoms with Gasteiger partial charge in [-0.3, -0.25) is 10.1 Å². The number of hydrazone groups is 1. The fourth-order valence-corrected chi connectivity index (χ4v) is 3.29. The molecule has 0 bridgehead atoms. The molecule has 12 nitrogen and oxygen atoms in total. The second-order valence-electron chi connectivity index (χ2n) is 7.94. The third kappa shape index (κ3) is 7.07. The second kappa shape index (κ2) is 11.9. The number of aromatic nitrogens is 4. The Morgan fingerprint density at radius 2 is 1.33 bits per heavy atom. The van der Waals surface area contributed by atoms with Crippen LogP contribution in [0.3, 0.4) is 0 Å². The largest absolute Gasteiger partial charge is 0.439 e. The Morgan fingerprint density at radius 3 is 1.87 bits per heavy atom. The van der Waals surface area contributed by atoms with E-state index in [9.17, 15) is 10.1 Å². The highest BCUT2D eigenvalue weighted by molar-refractivity contribution is 5.80. The molecular formula is C27H21N9O3. The molecule has 0 fully saturated rings. The smallest absolute Gasteiger partial charge is 0.287 e. The van der Waals surface area contributed by atoms with Gasteiger partial charge in [0.1, 0.15) is 11.9 Å². The number of nitrogens with zero attached hydrogens (tertiary/aromatic N) is 6. The number of hydrogen-bond donors (Lipinski definition) is 3. The minimum absolute atomic E-state index is 0.106. The first-order chi connectivity index (χ1) is 19.1. The van der Waals surface area contributed by atoms with Crippen molar-refractivity contribution in [1.29, 1.82) is 0 Å². The zero-order valence-electron chi connectivity index (χ0n) is 20.3. The third-order valence-corrected chi connectivity index (χ3v) is 5.11. The van der Waals surface area contributed by atoms with E-state index in [1.807, 2.05) is 60.7 Å². The molecular weight excluding hydrogens is 498 g/mol. The van der Waals surface area contributed by atoms with Crippen molar-refractivity contribution >= 4 is 41.1 Å². The van der Waals surface area contributed by atoms with E-state index in [1.54, 1.807) is 30.5 Å². The lowest BCUT2D eigenvalue weighted by Gasteiger charge is -2.10. The minimum Gasteiger partial charge on any atom is -0.439 e. The van der Waals surface area contributed by atoms with E-state index in [2.05, 4.69) is 41.1 Å². The summed E-state index contributed by atoms with van der Waals surface area (Å²) < 4.78 is 5.63. The van der Waals surface area contributed by atoms with Gasteiger partial charge in [-0.2, -0.15) is 20.1 Å². The highest BCUT2D eigenvalue weighted by Crippen LogP contribution is 2.22. The van der Waals surface area contributed by atoms with Crippen molar-refractivity contribution in [2.24, 2.45) is 5.10 Å². The summed E-state index contributed by atoms with van der Waals surface area (Å²) in [5.74, 6) is 1.69. The number of anilines is 5. The van der Waals surface area contributed by atoms with Gasteiger partial charge in [0.15, 0.2) is 0 Å². The zero-order valence-corrected chi connectivity index (χ0v) is 20.3. The maximum absolute atomic E-state index is 10.8. The Balaban J connectivity index is 1.26. The van der Waals surface area contributed by atoms with Crippen LogP contribution in [-0.2, 0) is 0 Å². The topological polar surface area (TPSA) is 152 Å². The van der Waals surface area contributed by atoms with E-state index in [-0.39, 0.29) is 17.5 Å². The second-order valence-corrected chi connectivity index (χ2v) is 7.94. The molecule has 0 spiro atoms. The fraction of sp³-hybridized carbons (Fsp3) is 0. The molecule has 5 rings (SSSR count). The average molecular weight is 520 g/mol. The molecule has 0 atom stereocenters. The molecule has 192 valence electrons. The van der Waals surface area contributed by atoms with Crippen LogP contribution in [-0.4, -0.2) is 31.1 Å². The van der Waals surface area contributed by atoms with Crippen molar-refractivity contribution in [2.75, 3.05) is 16.1 Å². The van der Waals surface area contributed by atoms with E-state index in [1.165, 1.54) is 12.1 Å². The van der Waals surface area contributed by atoms with Gasteiger partial charge >= 0.3 is 0 Å². The average Bonchev–Trinajstić information content (AvgIpc) is 2.95. The molecule has 3 N–H and O–H groups in total. The predicted molar refractivity (Wildman–Crippen MR) is 148 cm³/mol. The Morgan fingerprint density at radius 1 is 0.744 bits per heavy atom. The first-order valence-electron chi connectivity index (χ1n) is 11.7.